The quantitative estimate of drug-likeness (QED) is 0.771. The van der Waals surface area contributed by atoms with Crippen molar-refractivity contribution in [2.75, 3.05) is 19.6 Å². The van der Waals surface area contributed by atoms with Gasteiger partial charge in [0.05, 0.1) is 22.7 Å². The topological polar surface area (TPSA) is 71.3 Å². The number of piperidine rings is 1. The van der Waals surface area contributed by atoms with E-state index in [9.17, 15) is 9.59 Å². The summed E-state index contributed by atoms with van der Waals surface area (Å²) in [5.41, 5.74) is 1.46. The summed E-state index contributed by atoms with van der Waals surface area (Å²) in [6.07, 6.45) is 5.54. The van der Waals surface area contributed by atoms with Gasteiger partial charge in [-0.3, -0.25) is 14.3 Å². The van der Waals surface area contributed by atoms with E-state index in [1.54, 1.807) is 17.5 Å². The van der Waals surface area contributed by atoms with E-state index in [1.807, 2.05) is 39.9 Å². The lowest BCUT2D eigenvalue weighted by molar-refractivity contribution is -0.148. The maximum atomic E-state index is 13.9. The fourth-order valence-corrected chi connectivity index (χ4v) is 5.78. The summed E-state index contributed by atoms with van der Waals surface area (Å²) in [5.74, 6) is 0.566. The van der Waals surface area contributed by atoms with Crippen LogP contribution in [-0.4, -0.2) is 56.0 Å². The van der Waals surface area contributed by atoms with Gasteiger partial charge in [-0.15, -0.1) is 11.3 Å². The van der Waals surface area contributed by atoms with E-state index in [0.29, 0.717) is 19.6 Å². The fraction of sp³-hybridized carbons (Fsp3) is 0.619. The molecule has 4 heterocycles. The minimum absolute atomic E-state index is 0.00910. The predicted molar refractivity (Wildman–Crippen MR) is 109 cm³/mol. The normalized spacial score (nSPS) is 27.2. The number of nitrogens with zero attached hydrogens (tertiary/aromatic N) is 5. The molecular weight excluding hydrogens is 386 g/mol. The first kappa shape index (κ1) is 18.8. The first-order valence-electron chi connectivity index (χ1n) is 10.4. The molecule has 1 spiro atoms. The number of carbonyl (C=O) groups excluding carboxylic acids is 2. The van der Waals surface area contributed by atoms with Gasteiger partial charge in [-0.25, -0.2) is 4.98 Å². The third kappa shape index (κ3) is 3.17. The van der Waals surface area contributed by atoms with E-state index in [0.717, 1.165) is 48.6 Å². The van der Waals surface area contributed by atoms with E-state index >= 15 is 0 Å². The number of aryl methyl sites for hydroxylation is 2. The molecule has 29 heavy (non-hydrogen) atoms. The highest BCUT2D eigenvalue weighted by Crippen LogP contribution is 2.50. The van der Waals surface area contributed by atoms with Crippen LogP contribution in [0.2, 0.25) is 0 Å². The summed E-state index contributed by atoms with van der Waals surface area (Å²) in [6.45, 7) is 4.45. The molecule has 0 N–H and O–H groups in total. The average molecular weight is 414 g/mol. The molecule has 154 valence electrons. The highest BCUT2D eigenvalue weighted by Gasteiger charge is 2.57. The lowest BCUT2D eigenvalue weighted by Crippen LogP contribution is -2.52. The molecule has 2 atom stereocenters. The number of hydrogen-bond acceptors (Lipinski definition) is 5. The Labute approximate surface area is 174 Å². The first-order valence-corrected chi connectivity index (χ1v) is 11.3. The maximum absolute atomic E-state index is 13.9. The molecule has 1 aliphatic carbocycles. The van der Waals surface area contributed by atoms with Crippen molar-refractivity contribution in [3.8, 4) is 0 Å². The largest absolute Gasteiger partial charge is 0.341 e. The van der Waals surface area contributed by atoms with Crippen LogP contribution in [0.15, 0.2) is 17.6 Å². The van der Waals surface area contributed by atoms with E-state index in [-0.39, 0.29) is 23.7 Å². The van der Waals surface area contributed by atoms with Gasteiger partial charge in [0.2, 0.25) is 11.8 Å². The Kier molecular flexibility index (Phi) is 4.49. The van der Waals surface area contributed by atoms with Crippen LogP contribution in [0.4, 0.5) is 0 Å². The van der Waals surface area contributed by atoms with Crippen molar-refractivity contribution in [3.63, 3.8) is 0 Å². The highest BCUT2D eigenvalue weighted by molar-refractivity contribution is 7.09. The van der Waals surface area contributed by atoms with Gasteiger partial charge in [0.1, 0.15) is 0 Å². The molecule has 8 heteroatoms. The first-order chi connectivity index (χ1) is 14.0. The summed E-state index contributed by atoms with van der Waals surface area (Å²) in [5, 5.41) is 7.41. The van der Waals surface area contributed by atoms with Crippen molar-refractivity contribution in [1.82, 2.24) is 24.6 Å². The number of rotatable bonds is 4. The Morgan fingerprint density at radius 1 is 1.38 bits per heavy atom. The second-order valence-corrected chi connectivity index (χ2v) is 9.83. The van der Waals surface area contributed by atoms with Crippen LogP contribution in [0.5, 0.6) is 0 Å². The molecule has 2 aliphatic heterocycles. The maximum Gasteiger partial charge on any atom is 0.231 e. The highest BCUT2D eigenvalue weighted by atomic mass is 32.1. The number of aromatic nitrogens is 3. The smallest absolute Gasteiger partial charge is 0.231 e. The third-order valence-corrected chi connectivity index (χ3v) is 7.60. The Morgan fingerprint density at radius 2 is 2.21 bits per heavy atom. The Bertz CT molecular complexity index is 949. The van der Waals surface area contributed by atoms with Crippen LogP contribution in [0, 0.1) is 18.3 Å². The van der Waals surface area contributed by atoms with Crippen LogP contribution < -0.4 is 0 Å². The number of amides is 2. The molecule has 2 aromatic rings. The Hall–Kier alpha value is -2.22. The monoisotopic (exact) mass is 413 g/mol. The molecule has 3 fully saturated rings. The summed E-state index contributed by atoms with van der Waals surface area (Å²) < 4.78 is 1.87. The number of thiazole rings is 1. The molecule has 3 aliphatic rings. The molecule has 7 nitrogen and oxygen atoms in total. The summed E-state index contributed by atoms with van der Waals surface area (Å²) in [7, 11) is 1.93. The minimum Gasteiger partial charge on any atom is -0.341 e. The van der Waals surface area contributed by atoms with Crippen molar-refractivity contribution in [2.24, 2.45) is 18.4 Å². The van der Waals surface area contributed by atoms with Gasteiger partial charge in [-0.2, -0.15) is 5.10 Å². The molecule has 2 amide bonds. The van der Waals surface area contributed by atoms with Crippen LogP contribution >= 0.6 is 11.3 Å². The Morgan fingerprint density at radius 3 is 2.86 bits per heavy atom. The van der Waals surface area contributed by atoms with Crippen LogP contribution in [-0.2, 0) is 23.2 Å². The molecule has 2 aromatic heterocycles. The van der Waals surface area contributed by atoms with Crippen LogP contribution in [0.3, 0.4) is 0 Å². The standard InChI is InChI=1S/C21H27N5O2S/c1-14-23-16(12-29-14)10-25-9-3-7-21(20(25)28)13-26(19(27)15-4-5-15)11-17(21)18-6-8-22-24(18)2/h6,8,12,15,17H,3-5,7,9-11,13H2,1-2H3/t17-,21+/m0/s1. The summed E-state index contributed by atoms with van der Waals surface area (Å²) in [6, 6.07) is 2.01. The third-order valence-electron chi connectivity index (χ3n) is 6.78. The fourth-order valence-electron chi connectivity index (χ4n) is 5.18. The van der Waals surface area contributed by atoms with E-state index in [1.165, 1.54) is 0 Å². The van der Waals surface area contributed by atoms with Gasteiger partial charge in [-0.05, 0) is 38.7 Å². The second-order valence-electron chi connectivity index (χ2n) is 8.77. The SMILES string of the molecule is Cc1nc(CN2CCC[C@]3(CN(C(=O)C4CC4)C[C@H]3c3ccnn3C)C2=O)cs1. The van der Waals surface area contributed by atoms with E-state index in [4.69, 9.17) is 0 Å². The Balaban J connectivity index is 1.47. The molecule has 0 aromatic carbocycles. The molecule has 1 saturated carbocycles. The van der Waals surface area contributed by atoms with E-state index < -0.39 is 5.41 Å². The summed E-state index contributed by atoms with van der Waals surface area (Å²) in [4.78, 5) is 35.2. The molecular formula is C21H27N5O2S. The molecule has 2 saturated heterocycles. The predicted octanol–water partition coefficient (Wildman–Crippen LogP) is 2.33. The van der Waals surface area contributed by atoms with Gasteiger partial charge >= 0.3 is 0 Å². The van der Waals surface area contributed by atoms with E-state index in [2.05, 4.69) is 10.1 Å². The summed E-state index contributed by atoms with van der Waals surface area (Å²) >= 11 is 1.62. The van der Waals surface area contributed by atoms with Crippen LogP contribution in [0.1, 0.15) is 48.0 Å². The van der Waals surface area contributed by atoms with Crippen LogP contribution in [0.25, 0.3) is 0 Å². The average Bonchev–Trinajstić information content (AvgIpc) is 3.18. The van der Waals surface area contributed by atoms with Crippen molar-refractivity contribution in [2.45, 2.75) is 45.1 Å². The van der Waals surface area contributed by atoms with Crippen molar-refractivity contribution in [3.05, 3.63) is 34.0 Å². The zero-order valence-electron chi connectivity index (χ0n) is 17.0. The van der Waals surface area contributed by atoms with Gasteiger partial charge in [0.15, 0.2) is 0 Å². The number of carbonyl (C=O) groups is 2. The molecule has 0 bridgehead atoms. The lowest BCUT2D eigenvalue weighted by Gasteiger charge is -2.42. The zero-order valence-corrected chi connectivity index (χ0v) is 17.8. The van der Waals surface area contributed by atoms with Gasteiger partial charge in [0, 0.05) is 55.8 Å². The van der Waals surface area contributed by atoms with Gasteiger partial charge in [-0.1, -0.05) is 0 Å². The van der Waals surface area contributed by atoms with Crippen molar-refractivity contribution in [1.29, 1.82) is 0 Å². The van der Waals surface area contributed by atoms with Crippen molar-refractivity contribution < 1.29 is 9.59 Å². The van der Waals surface area contributed by atoms with Crippen molar-refractivity contribution >= 4 is 23.2 Å². The number of hydrogen-bond donors (Lipinski definition) is 0. The zero-order chi connectivity index (χ0) is 20.2. The molecule has 5 rings (SSSR count). The lowest BCUT2D eigenvalue weighted by atomic mass is 9.70. The second kappa shape index (κ2) is 6.93. The number of likely N-dealkylation sites (tertiary alicyclic amines) is 2. The molecule has 0 radical (unpaired) electrons. The van der Waals surface area contributed by atoms with Gasteiger partial charge < -0.3 is 9.80 Å². The minimum atomic E-state index is -0.554. The van der Waals surface area contributed by atoms with Gasteiger partial charge in [0.25, 0.3) is 0 Å². The molecule has 0 unspecified atom stereocenters.